The number of alkyl halides is 3. The van der Waals surface area contributed by atoms with E-state index in [1.165, 1.54) is 0 Å². The third kappa shape index (κ3) is 990. The van der Waals surface area contributed by atoms with Gasteiger partial charge in [-0.1, -0.05) is 34.8 Å². The van der Waals surface area contributed by atoms with E-state index in [0.717, 1.165) is 7.11 Å². The van der Waals surface area contributed by atoms with Crippen LogP contribution in [-0.2, 0) is 4.57 Å². The van der Waals surface area contributed by atoms with Crippen LogP contribution in [0.4, 0.5) is 0 Å². The molecule has 9 heteroatoms. The zero-order chi connectivity index (χ0) is 10.1. The Morgan fingerprint density at radius 2 is 1.09 bits per heavy atom. The minimum atomic E-state index is -4.64. The van der Waals surface area contributed by atoms with Crippen molar-refractivity contribution in [2.75, 3.05) is 7.11 Å². The largest absolute Gasteiger partial charge is 0.466 e. The summed E-state index contributed by atoms with van der Waals surface area (Å²) in [6, 6.07) is 0. The molecule has 0 saturated heterocycles. The molecule has 0 aliphatic rings. The fraction of sp³-hybridized carbons (Fsp3) is 1.00. The molecule has 0 spiro atoms. The van der Waals surface area contributed by atoms with Gasteiger partial charge in [-0.3, -0.25) is 0 Å². The third-order valence-corrected chi connectivity index (χ3v) is 0. The average molecular weight is 249 g/mol. The van der Waals surface area contributed by atoms with Crippen LogP contribution >= 0.6 is 42.6 Å². The van der Waals surface area contributed by atoms with Gasteiger partial charge in [0.2, 0.25) is 0 Å². The van der Waals surface area contributed by atoms with Gasteiger partial charge >= 0.3 is 7.82 Å². The van der Waals surface area contributed by atoms with Crippen molar-refractivity contribution in [1.29, 1.82) is 0 Å². The van der Waals surface area contributed by atoms with Crippen LogP contribution in [0.5, 0.6) is 0 Å². The van der Waals surface area contributed by atoms with Gasteiger partial charge in [-0.05, 0) is 0 Å². The molecule has 5 nitrogen and oxygen atoms in total. The molecule has 0 rings (SSSR count). The molecule has 0 bridgehead atoms. The molecule has 0 amide bonds. The van der Waals surface area contributed by atoms with Gasteiger partial charge in [-0.2, -0.15) is 0 Å². The highest BCUT2D eigenvalue weighted by Crippen LogP contribution is 2.25. The van der Waals surface area contributed by atoms with Gasteiger partial charge in [-0.25, -0.2) is 4.57 Å². The highest BCUT2D eigenvalue weighted by molar-refractivity contribution is 7.45. The van der Waals surface area contributed by atoms with Crippen LogP contribution in [0, 0.1) is 0 Å². The SMILES string of the molecule is CO.ClC(Cl)Cl.O=P(O)(O)O. The second-order valence-electron chi connectivity index (χ2n) is 0.761. The van der Waals surface area contributed by atoms with E-state index in [-0.39, 0.29) is 0 Å². The Hall–Kier alpha value is 0.940. The van der Waals surface area contributed by atoms with E-state index in [2.05, 4.69) is 0 Å². The molecule has 4 N–H and O–H groups in total. The topological polar surface area (TPSA) is 98.0 Å². The van der Waals surface area contributed by atoms with Crippen LogP contribution in [0.3, 0.4) is 0 Å². The lowest BCUT2D eigenvalue weighted by Crippen LogP contribution is -1.66. The molecule has 0 saturated carbocycles. The molecule has 0 aliphatic carbocycles. The van der Waals surface area contributed by atoms with Gasteiger partial charge in [0, 0.05) is 7.11 Å². The first-order chi connectivity index (χ1) is 4.73. The minimum absolute atomic E-state index is 0.750. The van der Waals surface area contributed by atoms with Crippen LogP contribution in [-0.4, -0.2) is 31.2 Å². The van der Waals surface area contributed by atoms with E-state index in [9.17, 15) is 0 Å². The number of aliphatic hydroxyl groups is 1. The van der Waals surface area contributed by atoms with Crippen molar-refractivity contribution in [3.05, 3.63) is 0 Å². The second kappa shape index (κ2) is 10.9. The molecule has 0 aromatic rings. The molecule has 0 heterocycles. The minimum Gasteiger partial charge on any atom is -0.400 e. The number of rotatable bonds is 0. The fourth-order valence-corrected chi connectivity index (χ4v) is 0. The van der Waals surface area contributed by atoms with E-state index in [1.54, 1.807) is 0 Å². The normalized spacial score (nSPS) is 9.18. The lowest BCUT2D eigenvalue weighted by molar-refractivity contribution is 0.275. The van der Waals surface area contributed by atoms with E-state index in [4.69, 9.17) is 59.2 Å². The molecular weight excluding hydrogens is 241 g/mol. The monoisotopic (exact) mass is 248 g/mol. The van der Waals surface area contributed by atoms with Crippen molar-refractivity contribution < 1.29 is 24.4 Å². The first-order valence-corrected chi connectivity index (χ1v) is 4.76. The predicted molar refractivity (Wildman–Crippen MR) is 43.8 cm³/mol. The lowest BCUT2D eigenvalue weighted by Gasteiger charge is -1.82. The van der Waals surface area contributed by atoms with Crippen LogP contribution in [0.1, 0.15) is 0 Å². The molecule has 0 radical (unpaired) electrons. The van der Waals surface area contributed by atoms with Gasteiger partial charge in [0.15, 0.2) is 4.30 Å². The van der Waals surface area contributed by atoms with Crippen LogP contribution < -0.4 is 0 Å². The zero-order valence-electron chi connectivity index (χ0n) is 5.36. The first-order valence-electron chi connectivity index (χ1n) is 1.88. The maximum atomic E-state index is 8.88. The summed E-state index contributed by atoms with van der Waals surface area (Å²) >= 11 is 14.4. The Labute approximate surface area is 78.8 Å². The maximum Gasteiger partial charge on any atom is 0.466 e. The Bertz CT molecular complexity index is 90.9. The number of hydrogen-bond acceptors (Lipinski definition) is 2. The summed E-state index contributed by atoms with van der Waals surface area (Å²) in [6.45, 7) is 0. The molecule has 0 aromatic carbocycles. The van der Waals surface area contributed by atoms with Gasteiger partial charge in [0.05, 0.1) is 0 Å². The van der Waals surface area contributed by atoms with E-state index in [0.29, 0.717) is 0 Å². The summed E-state index contributed by atoms with van der Waals surface area (Å²) in [5.41, 5.74) is 0. The number of hydrogen-bond donors (Lipinski definition) is 4. The van der Waals surface area contributed by atoms with Gasteiger partial charge in [-0.15, -0.1) is 0 Å². The van der Waals surface area contributed by atoms with E-state index >= 15 is 0 Å². The van der Waals surface area contributed by atoms with Crippen LogP contribution in [0.2, 0.25) is 0 Å². The molecule has 72 valence electrons. The molecule has 0 unspecified atom stereocenters. The Morgan fingerprint density at radius 1 is 1.09 bits per heavy atom. The summed E-state index contributed by atoms with van der Waals surface area (Å²) in [5, 5.41) is 7.00. The molecular formula is C2H8Cl3O5P. The maximum absolute atomic E-state index is 8.88. The molecule has 0 aromatic heterocycles. The highest BCUT2D eigenvalue weighted by Gasteiger charge is 2.00. The van der Waals surface area contributed by atoms with Crippen molar-refractivity contribution in [2.24, 2.45) is 0 Å². The Balaban J connectivity index is -0.0000000965. The van der Waals surface area contributed by atoms with Crippen LogP contribution in [0.15, 0.2) is 0 Å². The van der Waals surface area contributed by atoms with Crippen molar-refractivity contribution in [2.45, 2.75) is 4.30 Å². The van der Waals surface area contributed by atoms with E-state index < -0.39 is 12.1 Å². The Morgan fingerprint density at radius 3 is 1.09 bits per heavy atom. The quantitative estimate of drug-likeness (QED) is 0.373. The molecule has 0 aliphatic heterocycles. The third-order valence-electron chi connectivity index (χ3n) is 0. The van der Waals surface area contributed by atoms with Crippen molar-refractivity contribution in [1.82, 2.24) is 0 Å². The number of aliphatic hydroxyl groups excluding tert-OH is 1. The van der Waals surface area contributed by atoms with Gasteiger partial charge in [0.1, 0.15) is 0 Å². The molecule has 11 heavy (non-hydrogen) atoms. The predicted octanol–water partition coefficient (Wildman–Crippen LogP) is 0.666. The highest BCUT2D eigenvalue weighted by atomic mass is 35.6. The summed E-state index contributed by atoms with van der Waals surface area (Å²) < 4.78 is 8.13. The van der Waals surface area contributed by atoms with Crippen LogP contribution in [0.25, 0.3) is 0 Å². The summed E-state index contributed by atoms with van der Waals surface area (Å²) in [5.74, 6) is 0. The van der Waals surface area contributed by atoms with Crippen molar-refractivity contribution in [3.8, 4) is 0 Å². The zero-order valence-corrected chi connectivity index (χ0v) is 8.52. The van der Waals surface area contributed by atoms with Gasteiger partial charge in [0.25, 0.3) is 0 Å². The second-order valence-corrected chi connectivity index (χ2v) is 3.77. The summed E-state index contributed by atoms with van der Waals surface area (Å²) in [6.07, 6.45) is 0. The summed E-state index contributed by atoms with van der Waals surface area (Å²) in [7, 11) is -3.64. The van der Waals surface area contributed by atoms with Crippen molar-refractivity contribution >= 4 is 42.6 Å². The summed E-state index contributed by atoms with van der Waals surface area (Å²) in [4.78, 5) is 21.6. The van der Waals surface area contributed by atoms with Gasteiger partial charge < -0.3 is 19.8 Å². The smallest absolute Gasteiger partial charge is 0.400 e. The molecule has 0 fully saturated rings. The standard InChI is InChI=1S/CHCl3.CH4O.H3O4P/c2-1(3)4;1-2;1-5(2,3)4/h1H;2H,1H3;(H3,1,2,3,4). The number of phosphoric acid groups is 1. The van der Waals surface area contributed by atoms with Crippen molar-refractivity contribution in [3.63, 3.8) is 0 Å². The lowest BCUT2D eigenvalue weighted by atomic mass is 11.8. The molecule has 0 atom stereocenters. The first kappa shape index (κ1) is 17.9. The Kier molecular flexibility index (Phi) is 17.8. The number of halogens is 3. The fourth-order valence-electron chi connectivity index (χ4n) is 0. The van der Waals surface area contributed by atoms with E-state index in [1.807, 2.05) is 0 Å². The average Bonchev–Trinajstić information content (AvgIpc) is 1.63.